The van der Waals surface area contributed by atoms with Crippen LogP contribution in [0.5, 0.6) is 0 Å². The van der Waals surface area contributed by atoms with Gasteiger partial charge < -0.3 is 14.4 Å². The first-order chi connectivity index (χ1) is 8.35. The van der Waals surface area contributed by atoms with Gasteiger partial charge in [0, 0.05) is 6.54 Å². The molecule has 1 atom stereocenters. The van der Waals surface area contributed by atoms with Gasteiger partial charge in [-0.3, -0.25) is 0 Å². The molecule has 0 unspecified atom stereocenters. The Bertz CT molecular complexity index is 558. The largest absolute Gasteiger partial charge is 0.548 e. The van der Waals surface area contributed by atoms with Crippen LogP contribution < -0.4 is 5.11 Å². The van der Waals surface area contributed by atoms with Crippen molar-refractivity contribution in [3.63, 3.8) is 0 Å². The van der Waals surface area contributed by atoms with Crippen LogP contribution in [-0.4, -0.2) is 36.4 Å². The van der Waals surface area contributed by atoms with E-state index in [9.17, 15) is 18.3 Å². The zero-order chi connectivity index (χ0) is 13.5. The van der Waals surface area contributed by atoms with Gasteiger partial charge in [-0.2, -0.15) is 4.31 Å². The lowest BCUT2D eigenvalue weighted by molar-refractivity contribution is -0.309. The van der Waals surface area contributed by atoms with Gasteiger partial charge >= 0.3 is 0 Å². The Hall–Kier alpha value is -1.41. The summed E-state index contributed by atoms with van der Waals surface area (Å²) >= 11 is 0. The Balaban J connectivity index is 2.46. The second-order valence-corrected chi connectivity index (χ2v) is 6.07. The van der Waals surface area contributed by atoms with E-state index in [-0.39, 0.29) is 29.3 Å². The van der Waals surface area contributed by atoms with Gasteiger partial charge in [-0.25, -0.2) is 8.42 Å². The van der Waals surface area contributed by atoms with E-state index < -0.39 is 22.0 Å². The Labute approximate surface area is 104 Å². The van der Waals surface area contributed by atoms with Crippen molar-refractivity contribution >= 4 is 16.0 Å². The van der Waals surface area contributed by atoms with Crippen LogP contribution in [0.3, 0.4) is 0 Å². The van der Waals surface area contributed by atoms with Gasteiger partial charge in [0.15, 0.2) is 5.76 Å². The highest BCUT2D eigenvalue weighted by molar-refractivity contribution is 7.89. The molecule has 7 nitrogen and oxygen atoms in total. The Kier molecular flexibility index (Phi) is 3.16. The summed E-state index contributed by atoms with van der Waals surface area (Å²) in [6.45, 7) is 3.16. The average molecular weight is 273 g/mol. The topological polar surface area (TPSA) is 104 Å². The van der Waals surface area contributed by atoms with E-state index >= 15 is 0 Å². The van der Waals surface area contributed by atoms with Crippen LogP contribution in [0.25, 0.3) is 0 Å². The molecule has 1 aliphatic rings. The molecule has 0 radical (unpaired) electrons. The molecule has 1 saturated heterocycles. The molecule has 18 heavy (non-hydrogen) atoms. The van der Waals surface area contributed by atoms with Crippen molar-refractivity contribution in [2.24, 2.45) is 0 Å². The van der Waals surface area contributed by atoms with Crippen LogP contribution in [0.15, 0.2) is 9.42 Å². The van der Waals surface area contributed by atoms with Crippen LogP contribution in [0.1, 0.15) is 24.3 Å². The first-order valence-electron chi connectivity index (χ1n) is 5.51. The number of nitrogens with zero attached hydrogens (tertiary/aromatic N) is 2. The van der Waals surface area contributed by atoms with Crippen molar-refractivity contribution in [1.29, 1.82) is 0 Å². The standard InChI is InChI=1S/C10H14N2O5S/c1-6-9(7(2)17-11-6)18(15,16)12-5-3-4-8(12)10(13)14/h8H,3-5H2,1-2H3,(H,13,14)/p-1/t8-/m0/s1. The quantitative estimate of drug-likeness (QED) is 0.713. The van der Waals surface area contributed by atoms with Crippen molar-refractivity contribution in [3.8, 4) is 0 Å². The highest BCUT2D eigenvalue weighted by atomic mass is 32.2. The van der Waals surface area contributed by atoms with Gasteiger partial charge in [0.2, 0.25) is 10.0 Å². The third kappa shape index (κ3) is 1.91. The zero-order valence-electron chi connectivity index (χ0n) is 10.0. The molecule has 1 aromatic rings. The third-order valence-electron chi connectivity index (χ3n) is 3.01. The average Bonchev–Trinajstić information content (AvgIpc) is 2.85. The first-order valence-corrected chi connectivity index (χ1v) is 6.95. The summed E-state index contributed by atoms with van der Waals surface area (Å²) in [6, 6.07) is -1.11. The fraction of sp³-hybridized carbons (Fsp3) is 0.600. The number of hydrogen-bond donors (Lipinski definition) is 0. The van der Waals surface area contributed by atoms with E-state index in [0.29, 0.717) is 6.42 Å². The number of carboxylic acids is 1. The molecular formula is C10H13N2O5S-. The molecule has 0 saturated carbocycles. The lowest BCUT2D eigenvalue weighted by atomic mass is 10.2. The van der Waals surface area contributed by atoms with Crippen LogP contribution in [0.2, 0.25) is 0 Å². The predicted molar refractivity (Wildman–Crippen MR) is 57.9 cm³/mol. The molecule has 8 heteroatoms. The van der Waals surface area contributed by atoms with Crippen molar-refractivity contribution in [1.82, 2.24) is 9.46 Å². The van der Waals surface area contributed by atoms with Gasteiger partial charge in [0.25, 0.3) is 0 Å². The molecule has 0 N–H and O–H groups in total. The molecule has 0 aliphatic carbocycles. The molecule has 1 aromatic heterocycles. The number of aromatic nitrogens is 1. The maximum Gasteiger partial charge on any atom is 0.249 e. The van der Waals surface area contributed by atoms with Crippen molar-refractivity contribution in [3.05, 3.63) is 11.5 Å². The zero-order valence-corrected chi connectivity index (χ0v) is 10.9. The normalized spacial score (nSPS) is 21.3. The molecule has 2 rings (SSSR count). The summed E-state index contributed by atoms with van der Waals surface area (Å²) in [5.41, 5.74) is 0.233. The highest BCUT2D eigenvalue weighted by Gasteiger charge is 2.39. The van der Waals surface area contributed by atoms with Gasteiger partial charge in [-0.1, -0.05) is 5.16 Å². The molecule has 100 valence electrons. The molecule has 1 aliphatic heterocycles. The second-order valence-electron chi connectivity index (χ2n) is 4.25. The smallest absolute Gasteiger partial charge is 0.249 e. The number of carbonyl (C=O) groups excluding carboxylic acids is 1. The minimum absolute atomic E-state index is 0.0457. The maximum atomic E-state index is 12.4. The number of hydrogen-bond acceptors (Lipinski definition) is 6. The lowest BCUT2D eigenvalue weighted by Gasteiger charge is -2.24. The first kappa shape index (κ1) is 13.0. The predicted octanol–water partition coefficient (Wildman–Crippen LogP) is -0.806. The van der Waals surface area contributed by atoms with E-state index in [1.54, 1.807) is 0 Å². The number of rotatable bonds is 3. The lowest BCUT2D eigenvalue weighted by Crippen LogP contribution is -2.47. The van der Waals surface area contributed by atoms with Crippen LogP contribution in [0.4, 0.5) is 0 Å². The van der Waals surface area contributed by atoms with E-state index in [0.717, 1.165) is 4.31 Å². The van der Waals surface area contributed by atoms with Crippen molar-refractivity contribution in [2.45, 2.75) is 37.6 Å². The summed E-state index contributed by atoms with van der Waals surface area (Å²) in [5.74, 6) is -1.21. The monoisotopic (exact) mass is 273 g/mol. The number of sulfonamides is 1. The summed E-state index contributed by atoms with van der Waals surface area (Å²) < 4.78 is 30.5. The molecular weight excluding hydrogens is 260 g/mol. The second kappa shape index (κ2) is 4.36. The van der Waals surface area contributed by atoms with Crippen LogP contribution in [-0.2, 0) is 14.8 Å². The van der Waals surface area contributed by atoms with Crippen LogP contribution >= 0.6 is 0 Å². The molecule has 0 amide bonds. The van der Waals surface area contributed by atoms with Gasteiger partial charge in [-0.15, -0.1) is 0 Å². The van der Waals surface area contributed by atoms with E-state index in [2.05, 4.69) is 5.16 Å². The fourth-order valence-corrected chi connectivity index (χ4v) is 4.17. The number of aryl methyl sites for hydroxylation is 2. The summed E-state index contributed by atoms with van der Waals surface area (Å²) in [5, 5.41) is 14.5. The van der Waals surface area contributed by atoms with Gasteiger partial charge in [-0.05, 0) is 26.7 Å². The number of carboxylic acid groups (broad SMARTS) is 1. The van der Waals surface area contributed by atoms with E-state index in [1.165, 1.54) is 13.8 Å². The summed E-state index contributed by atoms with van der Waals surface area (Å²) in [6.07, 6.45) is 0.770. The molecule has 0 aromatic carbocycles. The Morgan fingerprint density at radius 1 is 1.50 bits per heavy atom. The summed E-state index contributed by atoms with van der Waals surface area (Å²) in [4.78, 5) is 10.9. The molecule has 0 bridgehead atoms. The highest BCUT2D eigenvalue weighted by Crippen LogP contribution is 2.29. The third-order valence-corrected chi connectivity index (χ3v) is 5.16. The Morgan fingerprint density at radius 2 is 2.17 bits per heavy atom. The van der Waals surface area contributed by atoms with E-state index in [4.69, 9.17) is 4.52 Å². The SMILES string of the molecule is Cc1noc(C)c1S(=O)(=O)N1CCC[C@H]1C(=O)[O-]. The molecule has 1 fully saturated rings. The minimum Gasteiger partial charge on any atom is -0.548 e. The molecule has 2 heterocycles. The maximum absolute atomic E-state index is 12.4. The van der Waals surface area contributed by atoms with Gasteiger partial charge in [0.05, 0.1) is 12.0 Å². The van der Waals surface area contributed by atoms with Crippen molar-refractivity contribution < 1.29 is 22.8 Å². The van der Waals surface area contributed by atoms with Crippen LogP contribution in [0, 0.1) is 13.8 Å². The Morgan fingerprint density at radius 3 is 2.67 bits per heavy atom. The van der Waals surface area contributed by atoms with Crippen molar-refractivity contribution in [2.75, 3.05) is 6.54 Å². The minimum atomic E-state index is -3.89. The van der Waals surface area contributed by atoms with Gasteiger partial charge in [0.1, 0.15) is 10.6 Å². The summed E-state index contributed by atoms with van der Waals surface area (Å²) in [7, 11) is -3.89. The fourth-order valence-electron chi connectivity index (χ4n) is 2.22. The number of carbonyl (C=O) groups is 1. The molecule has 0 spiro atoms. The van der Waals surface area contributed by atoms with E-state index in [1.807, 2.05) is 0 Å². The number of aliphatic carboxylic acids is 1.